The van der Waals surface area contributed by atoms with Crippen molar-refractivity contribution in [3.05, 3.63) is 83.4 Å². The van der Waals surface area contributed by atoms with Crippen LogP contribution in [0.1, 0.15) is 62.6 Å². The molecule has 0 fully saturated rings. The maximum atomic E-state index is 9.02. The molecule has 0 aliphatic heterocycles. The molecule has 0 saturated heterocycles. The van der Waals surface area contributed by atoms with Gasteiger partial charge in [-0.25, -0.2) is 0 Å². The maximum Gasteiger partial charge on any atom is 0.0434 e. The van der Waals surface area contributed by atoms with Gasteiger partial charge in [-0.2, -0.15) is 0 Å². The number of rotatable bonds is 11. The van der Waals surface area contributed by atoms with Crippen molar-refractivity contribution >= 4 is 0 Å². The monoisotopic (exact) mass is 400 g/mol. The molecule has 0 unspecified atom stereocenters. The first-order valence-electron chi connectivity index (χ1n) is 11.7. The Bertz CT molecular complexity index is 891. The lowest BCUT2D eigenvalue weighted by molar-refractivity contribution is 0.288. The van der Waals surface area contributed by atoms with Gasteiger partial charge < -0.3 is 5.11 Å². The SMILES string of the molecule is CCCCCCc1ccc(-c2ccc(-c3ccc(CCCO)cc3)c(CC)c2)cc1. The number of aryl methyl sites for hydroxylation is 3. The van der Waals surface area contributed by atoms with Crippen LogP contribution in [-0.4, -0.2) is 11.7 Å². The number of hydrogen-bond acceptors (Lipinski definition) is 1. The van der Waals surface area contributed by atoms with E-state index in [1.807, 2.05) is 0 Å². The number of unbranched alkanes of at least 4 members (excludes halogenated alkanes) is 3. The number of aliphatic hydroxyl groups is 1. The second-order valence-corrected chi connectivity index (χ2v) is 8.26. The number of benzene rings is 3. The van der Waals surface area contributed by atoms with Crippen LogP contribution in [0.5, 0.6) is 0 Å². The van der Waals surface area contributed by atoms with Gasteiger partial charge in [-0.05, 0) is 71.0 Å². The molecular weight excluding hydrogens is 364 g/mol. The summed E-state index contributed by atoms with van der Waals surface area (Å²) in [5.41, 5.74) is 9.32. The third-order valence-electron chi connectivity index (χ3n) is 5.98. The van der Waals surface area contributed by atoms with Crippen LogP contribution in [-0.2, 0) is 19.3 Å². The number of hydrogen-bond donors (Lipinski definition) is 1. The lowest BCUT2D eigenvalue weighted by Gasteiger charge is -2.12. The van der Waals surface area contributed by atoms with E-state index < -0.39 is 0 Å². The van der Waals surface area contributed by atoms with E-state index in [1.165, 1.54) is 71.0 Å². The second kappa shape index (κ2) is 11.7. The molecule has 0 aromatic heterocycles. The molecule has 0 amide bonds. The molecule has 3 aromatic rings. The summed E-state index contributed by atoms with van der Waals surface area (Å²) < 4.78 is 0. The van der Waals surface area contributed by atoms with Crippen molar-refractivity contribution < 1.29 is 5.11 Å². The van der Waals surface area contributed by atoms with E-state index in [9.17, 15) is 0 Å². The Hall–Kier alpha value is -2.38. The Morgan fingerprint density at radius 2 is 1.20 bits per heavy atom. The van der Waals surface area contributed by atoms with E-state index in [0.717, 1.165) is 19.3 Å². The van der Waals surface area contributed by atoms with Gasteiger partial charge in [0, 0.05) is 6.61 Å². The Labute approximate surface area is 182 Å². The quantitative estimate of drug-likeness (QED) is 0.328. The predicted molar refractivity (Wildman–Crippen MR) is 130 cm³/mol. The standard InChI is InChI=1S/C29H36O/c1-3-5-6-7-9-23-11-15-26(16-12-23)28-19-20-29(25(4-2)22-28)27-17-13-24(14-18-27)10-8-21-30/h11-20,22,30H,3-10,21H2,1-2H3. The predicted octanol–water partition coefficient (Wildman–Crippen LogP) is 7.63. The minimum absolute atomic E-state index is 0.253. The van der Waals surface area contributed by atoms with E-state index in [1.54, 1.807) is 0 Å². The lowest BCUT2D eigenvalue weighted by Crippen LogP contribution is -1.92. The molecule has 0 bridgehead atoms. The van der Waals surface area contributed by atoms with E-state index in [4.69, 9.17) is 5.11 Å². The molecule has 1 N–H and O–H groups in total. The molecule has 0 radical (unpaired) electrons. The lowest BCUT2D eigenvalue weighted by atomic mass is 9.92. The number of aliphatic hydroxyl groups excluding tert-OH is 1. The zero-order chi connectivity index (χ0) is 21.2. The zero-order valence-electron chi connectivity index (χ0n) is 18.7. The van der Waals surface area contributed by atoms with Crippen LogP contribution in [0.15, 0.2) is 66.7 Å². The molecule has 0 heterocycles. The van der Waals surface area contributed by atoms with Crippen molar-refractivity contribution in [1.29, 1.82) is 0 Å². The molecule has 3 aromatic carbocycles. The summed E-state index contributed by atoms with van der Waals surface area (Å²) >= 11 is 0. The Morgan fingerprint density at radius 3 is 1.80 bits per heavy atom. The fraction of sp³-hybridized carbons (Fsp3) is 0.379. The first-order valence-corrected chi connectivity index (χ1v) is 11.7. The average molecular weight is 401 g/mol. The van der Waals surface area contributed by atoms with Crippen molar-refractivity contribution in [1.82, 2.24) is 0 Å². The van der Waals surface area contributed by atoms with Crippen molar-refractivity contribution in [3.63, 3.8) is 0 Å². The van der Waals surface area contributed by atoms with Crippen molar-refractivity contribution in [3.8, 4) is 22.3 Å². The first kappa shape index (κ1) is 22.3. The van der Waals surface area contributed by atoms with Gasteiger partial charge in [-0.1, -0.05) is 99.8 Å². The molecular formula is C29H36O. The van der Waals surface area contributed by atoms with E-state index >= 15 is 0 Å². The van der Waals surface area contributed by atoms with Crippen molar-refractivity contribution in [2.24, 2.45) is 0 Å². The van der Waals surface area contributed by atoms with Crippen LogP contribution in [0, 0.1) is 0 Å². The second-order valence-electron chi connectivity index (χ2n) is 8.26. The molecule has 1 heteroatoms. The van der Waals surface area contributed by atoms with Gasteiger partial charge in [0.05, 0.1) is 0 Å². The summed E-state index contributed by atoms with van der Waals surface area (Å²) in [6.07, 6.45) is 9.23. The molecule has 1 nitrogen and oxygen atoms in total. The molecule has 0 spiro atoms. The molecule has 30 heavy (non-hydrogen) atoms. The van der Waals surface area contributed by atoms with E-state index in [-0.39, 0.29) is 6.61 Å². The van der Waals surface area contributed by atoms with Gasteiger partial charge in [-0.3, -0.25) is 0 Å². The summed E-state index contributed by atoms with van der Waals surface area (Å²) in [6.45, 7) is 4.75. The van der Waals surface area contributed by atoms with Crippen LogP contribution >= 0.6 is 0 Å². The maximum absolute atomic E-state index is 9.02. The highest BCUT2D eigenvalue weighted by Crippen LogP contribution is 2.30. The smallest absolute Gasteiger partial charge is 0.0434 e. The highest BCUT2D eigenvalue weighted by atomic mass is 16.2. The van der Waals surface area contributed by atoms with Gasteiger partial charge in [0.1, 0.15) is 0 Å². The average Bonchev–Trinajstić information content (AvgIpc) is 2.81. The summed E-state index contributed by atoms with van der Waals surface area (Å²) in [7, 11) is 0. The Balaban J connectivity index is 1.73. The van der Waals surface area contributed by atoms with Crippen LogP contribution < -0.4 is 0 Å². The zero-order valence-corrected chi connectivity index (χ0v) is 18.7. The summed E-state index contributed by atoms with van der Waals surface area (Å²) in [5.74, 6) is 0. The van der Waals surface area contributed by atoms with Crippen LogP contribution in [0.3, 0.4) is 0 Å². The normalized spacial score (nSPS) is 11.0. The molecule has 0 saturated carbocycles. The highest BCUT2D eigenvalue weighted by Gasteiger charge is 2.07. The topological polar surface area (TPSA) is 20.2 Å². The van der Waals surface area contributed by atoms with Gasteiger partial charge in [0.2, 0.25) is 0 Å². The third-order valence-corrected chi connectivity index (χ3v) is 5.98. The largest absolute Gasteiger partial charge is 0.396 e. The van der Waals surface area contributed by atoms with Crippen molar-refractivity contribution in [2.75, 3.05) is 6.61 Å². The van der Waals surface area contributed by atoms with E-state index in [2.05, 4.69) is 80.6 Å². The third kappa shape index (κ3) is 6.06. The molecule has 3 rings (SSSR count). The minimum atomic E-state index is 0.253. The summed E-state index contributed by atoms with van der Waals surface area (Å²) in [4.78, 5) is 0. The van der Waals surface area contributed by atoms with Crippen molar-refractivity contribution in [2.45, 2.75) is 65.2 Å². The molecule has 0 atom stereocenters. The minimum Gasteiger partial charge on any atom is -0.396 e. The first-order chi connectivity index (χ1) is 14.7. The van der Waals surface area contributed by atoms with E-state index in [0.29, 0.717) is 0 Å². The Morgan fingerprint density at radius 1 is 0.600 bits per heavy atom. The van der Waals surface area contributed by atoms with Crippen LogP contribution in [0.25, 0.3) is 22.3 Å². The van der Waals surface area contributed by atoms with Gasteiger partial charge in [0.25, 0.3) is 0 Å². The summed E-state index contributed by atoms with van der Waals surface area (Å²) in [6, 6.07) is 24.8. The Kier molecular flexibility index (Phi) is 8.71. The van der Waals surface area contributed by atoms with Gasteiger partial charge in [-0.15, -0.1) is 0 Å². The van der Waals surface area contributed by atoms with Gasteiger partial charge >= 0.3 is 0 Å². The summed E-state index contributed by atoms with van der Waals surface area (Å²) in [5, 5.41) is 9.02. The van der Waals surface area contributed by atoms with Crippen LogP contribution in [0.4, 0.5) is 0 Å². The fourth-order valence-corrected chi connectivity index (χ4v) is 4.10. The highest BCUT2D eigenvalue weighted by molar-refractivity contribution is 5.74. The molecule has 0 aliphatic rings. The van der Waals surface area contributed by atoms with Crippen LogP contribution in [0.2, 0.25) is 0 Å². The molecule has 158 valence electrons. The molecule has 0 aliphatic carbocycles. The fourth-order valence-electron chi connectivity index (χ4n) is 4.10. The van der Waals surface area contributed by atoms with Gasteiger partial charge in [0.15, 0.2) is 0 Å².